The summed E-state index contributed by atoms with van der Waals surface area (Å²) in [7, 11) is 0. The van der Waals surface area contributed by atoms with E-state index in [9.17, 15) is 4.79 Å². The molecule has 0 aliphatic rings. The molecule has 0 radical (unpaired) electrons. The van der Waals surface area contributed by atoms with Crippen LogP contribution < -0.4 is 5.32 Å². The largest absolute Gasteiger partial charge is 0.351 e. The number of hydrogen-bond donors (Lipinski definition) is 1. The van der Waals surface area contributed by atoms with Crippen molar-refractivity contribution in [1.29, 1.82) is 0 Å². The molecule has 0 heterocycles. The lowest BCUT2D eigenvalue weighted by molar-refractivity contribution is -0.118. The molecule has 0 saturated carbocycles. The molecule has 1 rings (SSSR count). The van der Waals surface area contributed by atoms with Crippen LogP contribution >= 0.6 is 23.4 Å². The van der Waals surface area contributed by atoms with Gasteiger partial charge in [0.05, 0.1) is 5.75 Å². The van der Waals surface area contributed by atoms with Gasteiger partial charge < -0.3 is 5.32 Å². The Morgan fingerprint density at radius 1 is 1.44 bits per heavy atom. The Kier molecular flexibility index (Phi) is 6.04. The molecule has 0 aliphatic carbocycles. The topological polar surface area (TPSA) is 29.1 Å². The highest BCUT2D eigenvalue weighted by molar-refractivity contribution is 8.00. The number of benzene rings is 1. The lowest BCUT2D eigenvalue weighted by Crippen LogP contribution is -2.24. The Labute approximate surface area is 105 Å². The van der Waals surface area contributed by atoms with Gasteiger partial charge in [-0.25, -0.2) is 0 Å². The van der Waals surface area contributed by atoms with Crippen molar-refractivity contribution in [2.75, 3.05) is 11.5 Å². The van der Waals surface area contributed by atoms with Gasteiger partial charge >= 0.3 is 0 Å². The summed E-state index contributed by atoms with van der Waals surface area (Å²) in [5, 5.41) is 3.55. The predicted molar refractivity (Wildman–Crippen MR) is 70.8 cm³/mol. The van der Waals surface area contributed by atoms with Crippen molar-refractivity contribution in [1.82, 2.24) is 5.32 Å². The monoisotopic (exact) mass is 255 g/mol. The van der Waals surface area contributed by atoms with E-state index in [4.69, 9.17) is 11.6 Å². The van der Waals surface area contributed by atoms with Gasteiger partial charge in [0.2, 0.25) is 5.91 Å². The number of hydrogen-bond acceptors (Lipinski definition) is 2. The maximum atomic E-state index is 11.4. The minimum absolute atomic E-state index is 0.0433. The number of nitrogens with one attached hydrogen (secondary N) is 1. The van der Waals surface area contributed by atoms with E-state index in [2.05, 4.69) is 11.9 Å². The van der Waals surface area contributed by atoms with Gasteiger partial charge in [0, 0.05) is 17.3 Å². The van der Waals surface area contributed by atoms with Gasteiger partial charge in [0.25, 0.3) is 0 Å². The first-order valence-electron chi connectivity index (χ1n) is 4.92. The second kappa shape index (κ2) is 7.36. The van der Waals surface area contributed by atoms with Crippen LogP contribution in [0.3, 0.4) is 0 Å². The van der Waals surface area contributed by atoms with Crippen LogP contribution in [0.15, 0.2) is 36.9 Å². The third-order valence-electron chi connectivity index (χ3n) is 1.87. The number of carbonyl (C=O) groups is 1. The predicted octanol–water partition coefficient (Wildman–Crippen LogP) is 2.88. The quantitative estimate of drug-likeness (QED) is 0.626. The number of rotatable bonds is 6. The van der Waals surface area contributed by atoms with Gasteiger partial charge in [-0.1, -0.05) is 29.8 Å². The summed E-state index contributed by atoms with van der Waals surface area (Å²) in [4.78, 5) is 11.4. The van der Waals surface area contributed by atoms with Crippen LogP contribution in [0.5, 0.6) is 0 Å². The van der Waals surface area contributed by atoms with Gasteiger partial charge in [-0.2, -0.15) is 0 Å². The minimum atomic E-state index is 0.0433. The highest BCUT2D eigenvalue weighted by atomic mass is 35.5. The van der Waals surface area contributed by atoms with Crippen LogP contribution in [-0.4, -0.2) is 17.4 Å². The molecular weight excluding hydrogens is 242 g/mol. The fourth-order valence-corrected chi connectivity index (χ4v) is 1.79. The summed E-state index contributed by atoms with van der Waals surface area (Å²) in [6, 6.07) is 7.43. The van der Waals surface area contributed by atoms with Crippen LogP contribution in [0.25, 0.3) is 0 Å². The van der Waals surface area contributed by atoms with Crippen molar-refractivity contribution in [2.45, 2.75) is 6.54 Å². The van der Waals surface area contributed by atoms with Crippen molar-refractivity contribution in [3.63, 3.8) is 0 Å². The summed E-state index contributed by atoms with van der Waals surface area (Å²) in [6.45, 7) is 4.14. The molecule has 2 nitrogen and oxygen atoms in total. The zero-order chi connectivity index (χ0) is 11.8. The highest BCUT2D eigenvalue weighted by Crippen LogP contribution is 2.09. The van der Waals surface area contributed by atoms with E-state index in [0.717, 1.165) is 11.3 Å². The number of amides is 1. The second-order valence-electron chi connectivity index (χ2n) is 3.21. The van der Waals surface area contributed by atoms with E-state index in [1.807, 2.05) is 24.3 Å². The molecule has 1 aromatic carbocycles. The molecule has 0 atom stereocenters. The molecule has 16 heavy (non-hydrogen) atoms. The van der Waals surface area contributed by atoms with Crippen molar-refractivity contribution in [3.8, 4) is 0 Å². The van der Waals surface area contributed by atoms with Gasteiger partial charge in [-0.3, -0.25) is 4.79 Å². The maximum Gasteiger partial charge on any atom is 0.230 e. The Balaban J connectivity index is 2.26. The fraction of sp³-hybridized carbons (Fsp3) is 0.250. The Morgan fingerprint density at radius 2 is 2.12 bits per heavy atom. The normalized spacial score (nSPS) is 9.81. The van der Waals surface area contributed by atoms with E-state index in [1.165, 1.54) is 0 Å². The molecule has 0 spiro atoms. The van der Waals surface area contributed by atoms with Gasteiger partial charge in [0.1, 0.15) is 0 Å². The van der Waals surface area contributed by atoms with E-state index < -0.39 is 0 Å². The van der Waals surface area contributed by atoms with E-state index >= 15 is 0 Å². The third kappa shape index (κ3) is 5.24. The lowest BCUT2D eigenvalue weighted by Gasteiger charge is -2.04. The van der Waals surface area contributed by atoms with Crippen LogP contribution in [0.4, 0.5) is 0 Å². The average Bonchev–Trinajstić information content (AvgIpc) is 2.29. The van der Waals surface area contributed by atoms with Crippen LogP contribution in [-0.2, 0) is 11.3 Å². The SMILES string of the molecule is C=CCSCC(=O)NCc1ccc(Cl)cc1. The summed E-state index contributed by atoms with van der Waals surface area (Å²) >= 11 is 7.31. The molecule has 1 aromatic rings. The molecule has 0 unspecified atom stereocenters. The van der Waals surface area contributed by atoms with Crippen molar-refractivity contribution in [3.05, 3.63) is 47.5 Å². The minimum Gasteiger partial charge on any atom is -0.351 e. The summed E-state index contributed by atoms with van der Waals surface area (Å²) < 4.78 is 0. The third-order valence-corrected chi connectivity index (χ3v) is 3.06. The average molecular weight is 256 g/mol. The van der Waals surface area contributed by atoms with Crippen LogP contribution in [0, 0.1) is 0 Å². The smallest absolute Gasteiger partial charge is 0.230 e. The molecule has 0 aromatic heterocycles. The number of halogens is 1. The molecule has 1 N–H and O–H groups in total. The summed E-state index contributed by atoms with van der Waals surface area (Å²) in [5.74, 6) is 1.32. The summed E-state index contributed by atoms with van der Waals surface area (Å²) in [6.07, 6.45) is 1.79. The first-order valence-corrected chi connectivity index (χ1v) is 6.45. The second-order valence-corrected chi connectivity index (χ2v) is 4.67. The molecule has 0 fully saturated rings. The fourth-order valence-electron chi connectivity index (χ4n) is 1.09. The Hall–Kier alpha value is -0.930. The first kappa shape index (κ1) is 13.1. The maximum absolute atomic E-state index is 11.4. The Bertz CT molecular complexity index is 351. The molecule has 1 amide bonds. The molecular formula is C12H14ClNOS. The zero-order valence-electron chi connectivity index (χ0n) is 8.91. The first-order chi connectivity index (χ1) is 7.72. The summed E-state index contributed by atoms with van der Waals surface area (Å²) in [5.41, 5.74) is 1.05. The van der Waals surface area contributed by atoms with Crippen LogP contribution in [0.2, 0.25) is 5.02 Å². The molecule has 0 aliphatic heterocycles. The van der Waals surface area contributed by atoms with Crippen molar-refractivity contribution >= 4 is 29.3 Å². The van der Waals surface area contributed by atoms with E-state index in [1.54, 1.807) is 17.8 Å². The van der Waals surface area contributed by atoms with Crippen LogP contribution in [0.1, 0.15) is 5.56 Å². The van der Waals surface area contributed by atoms with Crippen molar-refractivity contribution < 1.29 is 4.79 Å². The van der Waals surface area contributed by atoms with E-state index in [0.29, 0.717) is 17.3 Å². The lowest BCUT2D eigenvalue weighted by atomic mass is 10.2. The molecule has 4 heteroatoms. The van der Waals surface area contributed by atoms with Crippen molar-refractivity contribution in [2.24, 2.45) is 0 Å². The number of thioether (sulfide) groups is 1. The van der Waals surface area contributed by atoms with E-state index in [-0.39, 0.29) is 5.91 Å². The Morgan fingerprint density at radius 3 is 2.75 bits per heavy atom. The van der Waals surface area contributed by atoms with Gasteiger partial charge in [-0.15, -0.1) is 18.3 Å². The zero-order valence-corrected chi connectivity index (χ0v) is 10.5. The molecule has 0 bridgehead atoms. The standard InChI is InChI=1S/C12H14ClNOS/c1-2-7-16-9-12(15)14-8-10-3-5-11(13)6-4-10/h2-6H,1,7-9H2,(H,14,15). The molecule has 86 valence electrons. The van der Waals surface area contributed by atoms with Gasteiger partial charge in [0.15, 0.2) is 0 Å². The highest BCUT2D eigenvalue weighted by Gasteiger charge is 2.00. The molecule has 0 saturated heterocycles. The number of carbonyl (C=O) groups excluding carboxylic acids is 1. The van der Waals surface area contributed by atoms with Gasteiger partial charge in [-0.05, 0) is 17.7 Å².